The standard InChI is InChI=1S/C7H13NO/c1-2-8-7-3-6(1)4-9-5-7/h6-8H,1-5H2. The van der Waals surface area contributed by atoms with Gasteiger partial charge in [-0.05, 0) is 25.3 Å². The average molecular weight is 127 g/mol. The number of hydrogen-bond acceptors (Lipinski definition) is 2. The summed E-state index contributed by atoms with van der Waals surface area (Å²) in [5.41, 5.74) is 0. The molecule has 2 fully saturated rings. The molecule has 2 atom stereocenters. The maximum atomic E-state index is 5.37. The fourth-order valence-corrected chi connectivity index (χ4v) is 1.75. The van der Waals surface area contributed by atoms with Crippen LogP contribution in [0.3, 0.4) is 0 Å². The zero-order valence-corrected chi connectivity index (χ0v) is 5.60. The molecule has 2 heteroatoms. The summed E-state index contributed by atoms with van der Waals surface area (Å²) in [6.07, 6.45) is 2.66. The van der Waals surface area contributed by atoms with Gasteiger partial charge in [-0.15, -0.1) is 0 Å². The molecule has 0 spiro atoms. The third-order valence-corrected chi connectivity index (χ3v) is 2.28. The van der Waals surface area contributed by atoms with Gasteiger partial charge in [-0.3, -0.25) is 0 Å². The molecule has 2 heterocycles. The molecule has 0 aromatic heterocycles. The minimum atomic E-state index is 0.678. The van der Waals surface area contributed by atoms with E-state index < -0.39 is 0 Å². The van der Waals surface area contributed by atoms with Crippen molar-refractivity contribution in [3.63, 3.8) is 0 Å². The van der Waals surface area contributed by atoms with Crippen molar-refractivity contribution in [2.24, 2.45) is 5.92 Å². The second-order valence-corrected chi connectivity index (χ2v) is 3.08. The van der Waals surface area contributed by atoms with Crippen molar-refractivity contribution in [3.8, 4) is 0 Å². The maximum absolute atomic E-state index is 5.37. The van der Waals surface area contributed by atoms with Crippen molar-refractivity contribution in [1.82, 2.24) is 5.32 Å². The number of fused-ring (bicyclic) bond motifs is 2. The van der Waals surface area contributed by atoms with E-state index in [0.717, 1.165) is 19.1 Å². The maximum Gasteiger partial charge on any atom is 0.0619 e. The molecule has 2 aliphatic heterocycles. The molecule has 2 rings (SSSR count). The first kappa shape index (κ1) is 5.69. The summed E-state index contributed by atoms with van der Waals surface area (Å²) in [7, 11) is 0. The zero-order valence-electron chi connectivity index (χ0n) is 5.60. The van der Waals surface area contributed by atoms with Gasteiger partial charge in [-0.2, -0.15) is 0 Å². The van der Waals surface area contributed by atoms with E-state index in [4.69, 9.17) is 4.74 Å². The third kappa shape index (κ3) is 1.10. The lowest BCUT2D eigenvalue weighted by molar-refractivity contribution is 0.0111. The Kier molecular flexibility index (Phi) is 1.44. The van der Waals surface area contributed by atoms with E-state index in [1.54, 1.807) is 0 Å². The second-order valence-electron chi connectivity index (χ2n) is 3.08. The molecule has 2 bridgehead atoms. The van der Waals surface area contributed by atoms with Crippen LogP contribution in [0.15, 0.2) is 0 Å². The topological polar surface area (TPSA) is 21.3 Å². The Morgan fingerprint density at radius 2 is 2.33 bits per heavy atom. The summed E-state index contributed by atoms with van der Waals surface area (Å²) in [5.74, 6) is 0.866. The molecule has 0 aliphatic carbocycles. The van der Waals surface area contributed by atoms with Crippen LogP contribution in [0.25, 0.3) is 0 Å². The largest absolute Gasteiger partial charge is 0.380 e. The molecule has 0 amide bonds. The lowest BCUT2D eigenvalue weighted by atomic mass is 9.92. The highest BCUT2D eigenvalue weighted by molar-refractivity contribution is 4.81. The Hall–Kier alpha value is -0.0800. The quantitative estimate of drug-likeness (QED) is 0.508. The Morgan fingerprint density at radius 1 is 1.33 bits per heavy atom. The molecular formula is C7H13NO. The van der Waals surface area contributed by atoms with Gasteiger partial charge >= 0.3 is 0 Å². The van der Waals surface area contributed by atoms with Crippen molar-refractivity contribution in [3.05, 3.63) is 0 Å². The predicted octanol–water partition coefficient (Wildman–Crippen LogP) is 0.385. The molecular weight excluding hydrogens is 114 g/mol. The average Bonchev–Trinajstić information content (AvgIpc) is 1.88. The molecule has 52 valence electrons. The predicted molar refractivity (Wildman–Crippen MR) is 35.3 cm³/mol. The number of ether oxygens (including phenoxy) is 1. The normalized spacial score (nSPS) is 42.7. The molecule has 2 aliphatic rings. The van der Waals surface area contributed by atoms with E-state index in [0.29, 0.717) is 6.04 Å². The van der Waals surface area contributed by atoms with E-state index in [2.05, 4.69) is 5.32 Å². The smallest absolute Gasteiger partial charge is 0.0619 e. The van der Waals surface area contributed by atoms with Gasteiger partial charge in [0.1, 0.15) is 0 Å². The fraction of sp³-hybridized carbons (Fsp3) is 1.00. The first-order valence-corrected chi connectivity index (χ1v) is 3.76. The molecule has 2 saturated heterocycles. The Balaban J connectivity index is 1.96. The lowest BCUT2D eigenvalue weighted by Crippen LogP contribution is -2.46. The SMILES string of the molecule is C1CC2COCC(C2)N1. The van der Waals surface area contributed by atoms with Crippen LogP contribution in [-0.4, -0.2) is 25.8 Å². The monoisotopic (exact) mass is 127 g/mol. The van der Waals surface area contributed by atoms with Gasteiger partial charge in [0.15, 0.2) is 0 Å². The van der Waals surface area contributed by atoms with Gasteiger partial charge in [-0.25, -0.2) is 0 Å². The summed E-state index contributed by atoms with van der Waals surface area (Å²) < 4.78 is 5.37. The van der Waals surface area contributed by atoms with Crippen molar-refractivity contribution >= 4 is 0 Å². The van der Waals surface area contributed by atoms with E-state index >= 15 is 0 Å². The minimum Gasteiger partial charge on any atom is -0.380 e. The molecule has 0 aromatic carbocycles. The van der Waals surface area contributed by atoms with Gasteiger partial charge in [-0.1, -0.05) is 0 Å². The summed E-state index contributed by atoms with van der Waals surface area (Å²) >= 11 is 0. The molecule has 0 radical (unpaired) electrons. The fourth-order valence-electron chi connectivity index (χ4n) is 1.75. The van der Waals surface area contributed by atoms with Gasteiger partial charge < -0.3 is 10.1 Å². The van der Waals surface area contributed by atoms with Crippen LogP contribution in [-0.2, 0) is 4.74 Å². The van der Waals surface area contributed by atoms with Gasteiger partial charge in [0.25, 0.3) is 0 Å². The van der Waals surface area contributed by atoms with Crippen LogP contribution in [0.2, 0.25) is 0 Å². The molecule has 0 saturated carbocycles. The molecule has 0 aromatic rings. The van der Waals surface area contributed by atoms with Crippen molar-refractivity contribution in [2.45, 2.75) is 18.9 Å². The van der Waals surface area contributed by atoms with Crippen molar-refractivity contribution in [1.29, 1.82) is 0 Å². The summed E-state index contributed by atoms with van der Waals surface area (Å²) in [6, 6.07) is 0.678. The van der Waals surface area contributed by atoms with Crippen LogP contribution in [0.1, 0.15) is 12.8 Å². The molecule has 1 N–H and O–H groups in total. The highest BCUT2D eigenvalue weighted by atomic mass is 16.5. The number of rotatable bonds is 0. The van der Waals surface area contributed by atoms with E-state index in [1.807, 2.05) is 0 Å². The Morgan fingerprint density at radius 3 is 3.11 bits per heavy atom. The number of nitrogens with one attached hydrogen (secondary N) is 1. The van der Waals surface area contributed by atoms with Crippen LogP contribution < -0.4 is 5.32 Å². The molecule has 2 nitrogen and oxygen atoms in total. The van der Waals surface area contributed by atoms with Crippen LogP contribution in [0.4, 0.5) is 0 Å². The summed E-state index contributed by atoms with van der Waals surface area (Å²) in [4.78, 5) is 0. The first-order chi connectivity index (χ1) is 4.45. The van der Waals surface area contributed by atoms with Crippen molar-refractivity contribution < 1.29 is 4.74 Å². The number of piperidine rings is 1. The molecule has 2 unspecified atom stereocenters. The Labute approximate surface area is 55.6 Å². The van der Waals surface area contributed by atoms with E-state index in [-0.39, 0.29) is 0 Å². The molecule has 9 heavy (non-hydrogen) atoms. The van der Waals surface area contributed by atoms with Gasteiger partial charge in [0.2, 0.25) is 0 Å². The first-order valence-electron chi connectivity index (χ1n) is 3.76. The number of hydrogen-bond donors (Lipinski definition) is 1. The van der Waals surface area contributed by atoms with Gasteiger partial charge in [0, 0.05) is 12.6 Å². The zero-order chi connectivity index (χ0) is 6.10. The minimum absolute atomic E-state index is 0.678. The van der Waals surface area contributed by atoms with E-state index in [9.17, 15) is 0 Å². The lowest BCUT2D eigenvalue weighted by Gasteiger charge is -2.34. The van der Waals surface area contributed by atoms with Crippen LogP contribution in [0, 0.1) is 5.92 Å². The van der Waals surface area contributed by atoms with Crippen molar-refractivity contribution in [2.75, 3.05) is 19.8 Å². The second kappa shape index (κ2) is 2.27. The van der Waals surface area contributed by atoms with Crippen LogP contribution in [0.5, 0.6) is 0 Å². The van der Waals surface area contributed by atoms with Crippen LogP contribution >= 0.6 is 0 Å². The Bertz CT molecular complexity index is 85.1. The highest BCUT2D eigenvalue weighted by Crippen LogP contribution is 2.20. The highest BCUT2D eigenvalue weighted by Gasteiger charge is 2.25. The summed E-state index contributed by atoms with van der Waals surface area (Å²) in [5, 5.41) is 3.43. The van der Waals surface area contributed by atoms with E-state index in [1.165, 1.54) is 19.4 Å². The third-order valence-electron chi connectivity index (χ3n) is 2.28. The summed E-state index contributed by atoms with van der Waals surface area (Å²) in [6.45, 7) is 3.16. The van der Waals surface area contributed by atoms with Gasteiger partial charge in [0.05, 0.1) is 6.61 Å².